The number of allylic oxidation sites excluding steroid dienone is 1. The van der Waals surface area contributed by atoms with Gasteiger partial charge in [0.05, 0.1) is 0 Å². The first-order valence-electron chi connectivity index (χ1n) is 4.15. The van der Waals surface area contributed by atoms with Crippen molar-refractivity contribution in [1.82, 2.24) is 5.32 Å². The molecule has 0 fully saturated rings. The number of hydrogen-bond acceptors (Lipinski definition) is 2. The number of nitrogens with one attached hydrogen (secondary N) is 2. The fourth-order valence-corrected chi connectivity index (χ4v) is 1.26. The highest BCUT2D eigenvalue weighted by Crippen LogP contribution is 2.16. The average Bonchev–Trinajstić information content (AvgIpc) is 2.15. The normalized spacial score (nSPS) is 15.7. The van der Waals surface area contributed by atoms with E-state index in [2.05, 4.69) is 5.32 Å². The van der Waals surface area contributed by atoms with Crippen LogP contribution in [-0.2, 0) is 4.79 Å². The number of amides is 1. The Morgan fingerprint density at radius 3 is 3.15 bits per heavy atom. The van der Waals surface area contributed by atoms with Gasteiger partial charge in [-0.1, -0.05) is 12.2 Å². The van der Waals surface area contributed by atoms with Crippen molar-refractivity contribution < 1.29 is 4.79 Å². The van der Waals surface area contributed by atoms with Gasteiger partial charge in [0.1, 0.15) is 5.84 Å². The van der Waals surface area contributed by atoms with Gasteiger partial charge < -0.3 is 11.1 Å². The highest BCUT2D eigenvalue weighted by molar-refractivity contribution is 5.95. The summed E-state index contributed by atoms with van der Waals surface area (Å²) in [6, 6.07) is 0. The fraction of sp³-hybridized carbons (Fsp3) is 0.333. The number of carbonyl (C=O) groups excluding carboxylic acids is 1. The molecule has 1 rings (SSSR count). The van der Waals surface area contributed by atoms with Crippen molar-refractivity contribution >= 4 is 12.2 Å². The smallest absolute Gasteiger partial charge is 0.207 e. The molecule has 0 spiro atoms. The summed E-state index contributed by atoms with van der Waals surface area (Å²) in [5, 5.41) is 9.82. The van der Waals surface area contributed by atoms with Crippen molar-refractivity contribution in [3.8, 4) is 0 Å². The highest BCUT2D eigenvalue weighted by atomic mass is 16.1. The zero-order valence-electron chi connectivity index (χ0n) is 7.34. The van der Waals surface area contributed by atoms with E-state index in [1.54, 1.807) is 0 Å². The van der Waals surface area contributed by atoms with Crippen LogP contribution in [0.25, 0.3) is 0 Å². The van der Waals surface area contributed by atoms with Gasteiger partial charge in [-0.05, 0) is 24.0 Å². The van der Waals surface area contributed by atoms with E-state index >= 15 is 0 Å². The fourth-order valence-electron chi connectivity index (χ4n) is 1.26. The van der Waals surface area contributed by atoms with E-state index in [0.717, 1.165) is 24.0 Å². The van der Waals surface area contributed by atoms with E-state index in [0.29, 0.717) is 13.0 Å². The maximum absolute atomic E-state index is 10.0. The standard InChI is InChI=1S/C9H13N3O/c10-9(11)8-3-1-2-7(4-8)5-12-6-13/h2,4,6H,1,3,5H2,(H3,10,11)(H,12,13). The van der Waals surface area contributed by atoms with E-state index < -0.39 is 0 Å². The number of rotatable bonds is 4. The van der Waals surface area contributed by atoms with Crippen molar-refractivity contribution in [3.05, 3.63) is 23.3 Å². The Balaban J connectivity index is 2.61. The van der Waals surface area contributed by atoms with Crippen LogP contribution in [-0.4, -0.2) is 18.8 Å². The number of hydrogen-bond donors (Lipinski definition) is 3. The summed E-state index contributed by atoms with van der Waals surface area (Å²) in [5.74, 6) is 0.122. The second-order valence-corrected chi connectivity index (χ2v) is 2.90. The third-order valence-electron chi connectivity index (χ3n) is 1.92. The van der Waals surface area contributed by atoms with Crippen LogP contribution in [0.2, 0.25) is 0 Å². The van der Waals surface area contributed by atoms with Crippen LogP contribution in [0, 0.1) is 5.41 Å². The molecule has 1 aliphatic carbocycles. The first-order chi connectivity index (χ1) is 6.24. The van der Waals surface area contributed by atoms with Crippen molar-refractivity contribution in [2.24, 2.45) is 5.73 Å². The lowest BCUT2D eigenvalue weighted by Gasteiger charge is -2.11. The summed E-state index contributed by atoms with van der Waals surface area (Å²) in [5.41, 5.74) is 7.23. The van der Waals surface area contributed by atoms with Gasteiger partial charge in [-0.15, -0.1) is 0 Å². The minimum atomic E-state index is 0.122. The van der Waals surface area contributed by atoms with Gasteiger partial charge in [0.2, 0.25) is 6.41 Å². The van der Waals surface area contributed by atoms with Gasteiger partial charge in [-0.25, -0.2) is 0 Å². The molecule has 1 aliphatic rings. The first-order valence-corrected chi connectivity index (χ1v) is 4.15. The lowest BCUT2D eigenvalue weighted by atomic mass is 9.99. The molecular formula is C9H13N3O. The molecule has 0 atom stereocenters. The van der Waals surface area contributed by atoms with Gasteiger partial charge in [-0.3, -0.25) is 10.2 Å². The summed E-state index contributed by atoms with van der Waals surface area (Å²) in [6.45, 7) is 0.514. The second-order valence-electron chi connectivity index (χ2n) is 2.90. The van der Waals surface area contributed by atoms with Crippen molar-refractivity contribution in [2.75, 3.05) is 6.54 Å². The quantitative estimate of drug-likeness (QED) is 0.330. The van der Waals surface area contributed by atoms with E-state index in [-0.39, 0.29) is 5.84 Å². The zero-order chi connectivity index (χ0) is 9.68. The van der Waals surface area contributed by atoms with Gasteiger partial charge in [0.15, 0.2) is 0 Å². The van der Waals surface area contributed by atoms with Crippen LogP contribution in [0.1, 0.15) is 12.8 Å². The molecule has 0 aliphatic heterocycles. The third kappa shape index (κ3) is 2.74. The summed E-state index contributed by atoms with van der Waals surface area (Å²) < 4.78 is 0. The van der Waals surface area contributed by atoms with Crippen LogP contribution >= 0.6 is 0 Å². The molecular weight excluding hydrogens is 166 g/mol. The highest BCUT2D eigenvalue weighted by Gasteiger charge is 2.06. The Kier molecular flexibility index (Phi) is 3.25. The van der Waals surface area contributed by atoms with Crippen LogP contribution in [0.15, 0.2) is 23.3 Å². The molecule has 0 heterocycles. The van der Waals surface area contributed by atoms with E-state index in [9.17, 15) is 4.79 Å². The molecule has 0 unspecified atom stereocenters. The molecule has 0 aromatic rings. The Morgan fingerprint density at radius 2 is 2.54 bits per heavy atom. The Bertz CT molecular complexity index is 279. The molecule has 4 N–H and O–H groups in total. The number of nitrogens with two attached hydrogens (primary N) is 1. The monoisotopic (exact) mass is 179 g/mol. The topological polar surface area (TPSA) is 79.0 Å². The van der Waals surface area contributed by atoms with Gasteiger partial charge in [0.25, 0.3) is 0 Å². The van der Waals surface area contributed by atoms with Crippen LogP contribution < -0.4 is 11.1 Å². The lowest BCUT2D eigenvalue weighted by molar-refractivity contribution is -0.109. The second kappa shape index (κ2) is 4.45. The van der Waals surface area contributed by atoms with E-state index in [1.165, 1.54) is 0 Å². The average molecular weight is 179 g/mol. The molecule has 0 saturated carbocycles. The molecule has 0 radical (unpaired) electrons. The largest absolute Gasteiger partial charge is 0.384 e. The molecule has 13 heavy (non-hydrogen) atoms. The molecule has 0 bridgehead atoms. The molecule has 4 nitrogen and oxygen atoms in total. The number of carbonyl (C=O) groups is 1. The van der Waals surface area contributed by atoms with Gasteiger partial charge in [0, 0.05) is 6.54 Å². The van der Waals surface area contributed by atoms with Crippen molar-refractivity contribution in [1.29, 1.82) is 5.41 Å². The first kappa shape index (κ1) is 9.51. The Hall–Kier alpha value is -1.58. The Labute approximate surface area is 77.0 Å². The summed E-state index contributed by atoms with van der Waals surface area (Å²) >= 11 is 0. The SMILES string of the molecule is N=C(N)C1=CC(CNC=O)=CCC1. The van der Waals surface area contributed by atoms with E-state index in [4.69, 9.17) is 11.1 Å². The molecule has 0 saturated heterocycles. The summed E-state index contributed by atoms with van der Waals surface area (Å²) in [7, 11) is 0. The minimum absolute atomic E-state index is 0.122. The zero-order valence-corrected chi connectivity index (χ0v) is 7.34. The van der Waals surface area contributed by atoms with Gasteiger partial charge in [-0.2, -0.15) is 0 Å². The third-order valence-corrected chi connectivity index (χ3v) is 1.92. The summed E-state index contributed by atoms with van der Waals surface area (Å²) in [4.78, 5) is 10.0. The van der Waals surface area contributed by atoms with Crippen LogP contribution in [0.4, 0.5) is 0 Å². The molecule has 0 aromatic heterocycles. The van der Waals surface area contributed by atoms with E-state index in [1.807, 2.05) is 12.2 Å². The maximum atomic E-state index is 10.0. The molecule has 1 amide bonds. The molecule has 4 heteroatoms. The van der Waals surface area contributed by atoms with Crippen LogP contribution in [0.3, 0.4) is 0 Å². The van der Waals surface area contributed by atoms with Crippen molar-refractivity contribution in [3.63, 3.8) is 0 Å². The minimum Gasteiger partial charge on any atom is -0.384 e. The predicted molar refractivity (Wildman–Crippen MR) is 51.4 cm³/mol. The number of amidine groups is 1. The summed E-state index contributed by atoms with van der Waals surface area (Å²) in [6.07, 6.45) is 6.28. The predicted octanol–water partition coefficient (Wildman–Crippen LogP) is 0.315. The van der Waals surface area contributed by atoms with Crippen molar-refractivity contribution in [2.45, 2.75) is 12.8 Å². The van der Waals surface area contributed by atoms with Crippen LogP contribution in [0.5, 0.6) is 0 Å². The molecule has 0 aromatic carbocycles. The lowest BCUT2D eigenvalue weighted by Crippen LogP contribution is -2.18. The molecule has 70 valence electrons. The van der Waals surface area contributed by atoms with Gasteiger partial charge >= 0.3 is 0 Å². The Morgan fingerprint density at radius 1 is 1.77 bits per heavy atom. The maximum Gasteiger partial charge on any atom is 0.207 e.